The van der Waals surface area contributed by atoms with Gasteiger partial charge in [-0.2, -0.15) is 0 Å². The number of aryl methyl sites for hydroxylation is 2. The number of carbonyl (C=O) groups is 2. The van der Waals surface area contributed by atoms with E-state index in [-0.39, 0.29) is 23.6 Å². The molecule has 2 aromatic rings. The summed E-state index contributed by atoms with van der Waals surface area (Å²) in [5, 5.41) is 0.949. The van der Waals surface area contributed by atoms with Gasteiger partial charge in [0.2, 0.25) is 0 Å². The van der Waals surface area contributed by atoms with E-state index in [0.29, 0.717) is 17.8 Å². The Morgan fingerprint density at radius 3 is 2.28 bits per heavy atom. The van der Waals surface area contributed by atoms with Crippen LogP contribution in [0.2, 0.25) is 0 Å². The van der Waals surface area contributed by atoms with Crippen molar-refractivity contribution in [2.75, 3.05) is 0 Å². The Morgan fingerprint density at radius 2 is 1.66 bits per heavy atom. The molecule has 1 aromatic heterocycles. The zero-order valence-corrected chi connectivity index (χ0v) is 17.6. The van der Waals surface area contributed by atoms with Crippen LogP contribution >= 0.6 is 0 Å². The summed E-state index contributed by atoms with van der Waals surface area (Å²) < 4.78 is 11.3. The molecule has 4 heteroatoms. The summed E-state index contributed by atoms with van der Waals surface area (Å²) in [5.74, 6) is 1.93. The van der Waals surface area contributed by atoms with Gasteiger partial charge in [-0.3, -0.25) is 9.59 Å². The number of ether oxygens (including phenoxy) is 1. The first-order valence-corrected chi connectivity index (χ1v) is 11.0. The van der Waals surface area contributed by atoms with Crippen LogP contribution < -0.4 is 0 Å². The first kappa shape index (κ1) is 18.9. The predicted octanol–water partition coefficient (Wildman–Crippen LogP) is 5.31. The number of carbonyl (C=O) groups excluding carboxylic acids is 2. The molecule has 0 N–H and O–H groups in total. The van der Waals surface area contributed by atoms with Gasteiger partial charge in [-0.25, -0.2) is 0 Å². The molecule has 29 heavy (non-hydrogen) atoms. The Bertz CT molecular complexity index is 947. The number of esters is 1. The Balaban J connectivity index is 1.28. The van der Waals surface area contributed by atoms with Crippen LogP contribution in [-0.2, 0) is 20.7 Å². The Kier molecular flexibility index (Phi) is 4.38. The zero-order valence-electron chi connectivity index (χ0n) is 17.6. The fourth-order valence-corrected chi connectivity index (χ4v) is 6.76. The van der Waals surface area contributed by atoms with E-state index in [2.05, 4.69) is 13.0 Å². The van der Waals surface area contributed by atoms with Crippen LogP contribution in [0.15, 0.2) is 22.8 Å². The average Bonchev–Trinajstić information content (AvgIpc) is 3.01. The van der Waals surface area contributed by atoms with Crippen molar-refractivity contribution in [2.24, 2.45) is 23.2 Å². The van der Waals surface area contributed by atoms with E-state index in [0.717, 1.165) is 41.4 Å². The first-order chi connectivity index (χ1) is 13.8. The third-order valence-corrected chi connectivity index (χ3v) is 7.84. The van der Waals surface area contributed by atoms with Crippen molar-refractivity contribution in [3.8, 4) is 0 Å². The third-order valence-electron chi connectivity index (χ3n) is 7.84. The lowest BCUT2D eigenvalue weighted by molar-refractivity contribution is -0.164. The summed E-state index contributed by atoms with van der Waals surface area (Å²) in [6.07, 6.45) is 8.01. The molecule has 1 heterocycles. The largest absolute Gasteiger partial charge is 0.464 e. The number of rotatable bonds is 5. The molecule has 0 unspecified atom stereocenters. The summed E-state index contributed by atoms with van der Waals surface area (Å²) in [6.45, 7) is 5.86. The second-order valence-corrected chi connectivity index (χ2v) is 10.1. The molecule has 0 spiro atoms. The van der Waals surface area contributed by atoms with Crippen molar-refractivity contribution in [2.45, 2.75) is 71.8 Å². The van der Waals surface area contributed by atoms with E-state index in [1.807, 2.05) is 13.0 Å². The van der Waals surface area contributed by atoms with Crippen molar-refractivity contribution < 1.29 is 18.7 Å². The van der Waals surface area contributed by atoms with E-state index < -0.39 is 6.10 Å². The number of hydrogen-bond acceptors (Lipinski definition) is 4. The smallest absolute Gasteiger partial charge is 0.311 e. The van der Waals surface area contributed by atoms with Crippen molar-refractivity contribution in [1.82, 2.24) is 0 Å². The van der Waals surface area contributed by atoms with Crippen LogP contribution in [0, 0.1) is 37.0 Å². The highest BCUT2D eigenvalue weighted by Crippen LogP contribution is 2.60. The van der Waals surface area contributed by atoms with Crippen LogP contribution in [-0.4, -0.2) is 17.9 Å². The minimum Gasteiger partial charge on any atom is -0.464 e. The second-order valence-electron chi connectivity index (χ2n) is 10.1. The average molecular weight is 395 g/mol. The molecule has 4 nitrogen and oxygen atoms in total. The van der Waals surface area contributed by atoms with Gasteiger partial charge < -0.3 is 9.15 Å². The van der Waals surface area contributed by atoms with Crippen molar-refractivity contribution in [1.29, 1.82) is 0 Å². The minimum atomic E-state index is -0.666. The topological polar surface area (TPSA) is 56.5 Å². The van der Waals surface area contributed by atoms with Crippen molar-refractivity contribution >= 4 is 22.7 Å². The van der Waals surface area contributed by atoms with E-state index in [1.54, 1.807) is 13.2 Å². The molecule has 4 bridgehead atoms. The van der Waals surface area contributed by atoms with Crippen molar-refractivity contribution in [3.05, 3.63) is 35.1 Å². The summed E-state index contributed by atoms with van der Waals surface area (Å²) in [7, 11) is 0. The molecule has 4 saturated carbocycles. The lowest BCUT2D eigenvalue weighted by atomic mass is 9.48. The van der Waals surface area contributed by atoms with Gasteiger partial charge in [0.05, 0.1) is 12.7 Å². The van der Waals surface area contributed by atoms with Crippen molar-refractivity contribution in [3.63, 3.8) is 0 Å². The fraction of sp³-hybridized carbons (Fsp3) is 0.600. The maximum absolute atomic E-state index is 13.3. The highest BCUT2D eigenvalue weighted by Gasteiger charge is 2.55. The van der Waals surface area contributed by atoms with E-state index in [4.69, 9.17) is 9.15 Å². The van der Waals surface area contributed by atoms with E-state index in [1.165, 1.54) is 24.8 Å². The van der Waals surface area contributed by atoms with Crippen LogP contribution in [0.4, 0.5) is 0 Å². The van der Waals surface area contributed by atoms with Crippen LogP contribution in [0.1, 0.15) is 62.1 Å². The van der Waals surface area contributed by atoms with Gasteiger partial charge in [-0.15, -0.1) is 0 Å². The Labute approximate surface area is 172 Å². The molecular weight excluding hydrogens is 364 g/mol. The van der Waals surface area contributed by atoms with Gasteiger partial charge in [0, 0.05) is 16.4 Å². The fourth-order valence-electron chi connectivity index (χ4n) is 6.76. The summed E-state index contributed by atoms with van der Waals surface area (Å²) in [6, 6.07) is 4.06. The SMILES string of the molecule is Cc1cc2occ(CC(=O)O[C@@H](C)C(=O)C34CC5CC(CC(C5)C3)C4)c2cc1C. The molecule has 6 rings (SSSR count). The zero-order chi connectivity index (χ0) is 20.3. The normalized spacial score (nSPS) is 31.2. The number of furan rings is 1. The quantitative estimate of drug-likeness (QED) is 0.645. The molecule has 154 valence electrons. The highest BCUT2D eigenvalue weighted by molar-refractivity contribution is 5.92. The molecule has 4 aliphatic carbocycles. The van der Waals surface area contributed by atoms with Crippen LogP contribution in [0.5, 0.6) is 0 Å². The number of fused-ring (bicyclic) bond motifs is 1. The predicted molar refractivity (Wildman–Crippen MR) is 111 cm³/mol. The molecule has 1 aromatic carbocycles. The Hall–Kier alpha value is -2.10. The van der Waals surface area contributed by atoms with Crippen LogP contribution in [0.3, 0.4) is 0 Å². The molecule has 0 amide bonds. The first-order valence-electron chi connectivity index (χ1n) is 11.0. The molecule has 4 fully saturated rings. The number of ketones is 1. The second kappa shape index (κ2) is 6.72. The molecule has 0 radical (unpaired) electrons. The molecule has 1 atom stereocenters. The van der Waals surface area contributed by atoms with Gasteiger partial charge in [0.1, 0.15) is 5.58 Å². The van der Waals surface area contributed by atoms with E-state index in [9.17, 15) is 9.59 Å². The molecule has 0 aliphatic heterocycles. The minimum absolute atomic E-state index is 0.133. The molecule has 4 aliphatic rings. The third kappa shape index (κ3) is 3.21. The van der Waals surface area contributed by atoms with Gasteiger partial charge in [-0.1, -0.05) is 0 Å². The lowest BCUT2D eigenvalue weighted by Crippen LogP contribution is -2.52. The molecular formula is C25H30O4. The van der Waals surface area contributed by atoms with Gasteiger partial charge >= 0.3 is 5.97 Å². The van der Waals surface area contributed by atoms with Gasteiger partial charge in [-0.05, 0) is 100 Å². The number of hydrogen-bond donors (Lipinski definition) is 0. The molecule has 0 saturated heterocycles. The van der Waals surface area contributed by atoms with Gasteiger partial charge in [0.15, 0.2) is 11.9 Å². The van der Waals surface area contributed by atoms with Crippen LogP contribution in [0.25, 0.3) is 11.0 Å². The Morgan fingerprint density at radius 1 is 1.07 bits per heavy atom. The monoisotopic (exact) mass is 394 g/mol. The summed E-state index contributed by atoms with van der Waals surface area (Å²) >= 11 is 0. The lowest BCUT2D eigenvalue weighted by Gasteiger charge is -2.56. The summed E-state index contributed by atoms with van der Waals surface area (Å²) in [5.41, 5.74) is 3.71. The number of Topliss-reactive ketones (excluding diaryl/α,β-unsaturated/α-hetero) is 1. The van der Waals surface area contributed by atoms with E-state index >= 15 is 0 Å². The maximum atomic E-state index is 13.3. The van der Waals surface area contributed by atoms with Gasteiger partial charge in [0.25, 0.3) is 0 Å². The number of benzene rings is 1. The standard InChI is InChI=1S/C25H30O4/c1-14-4-21-20(13-28-22(21)5-15(14)2)9-23(26)29-16(3)24(27)25-10-17-6-18(11-25)8-19(7-17)12-25/h4-5,13,16-19H,6-12H2,1-3H3/t16-,17?,18?,19?,25?/m0/s1. The highest BCUT2D eigenvalue weighted by atomic mass is 16.5. The maximum Gasteiger partial charge on any atom is 0.311 e. The summed E-state index contributed by atoms with van der Waals surface area (Å²) in [4.78, 5) is 26.0.